The maximum absolute atomic E-state index is 14.3. The van der Waals surface area contributed by atoms with E-state index in [1.165, 1.54) is 32.1 Å². The van der Waals surface area contributed by atoms with Gasteiger partial charge in [-0.1, -0.05) is 86.6 Å². The van der Waals surface area contributed by atoms with E-state index in [2.05, 4.69) is 69.3 Å². The summed E-state index contributed by atoms with van der Waals surface area (Å²) in [6.07, 6.45) is 0.794. The predicted octanol–water partition coefficient (Wildman–Crippen LogP) is 14.8. The van der Waals surface area contributed by atoms with Gasteiger partial charge in [0.25, 0.3) is 23.6 Å². The Hall–Kier alpha value is -7.32. The van der Waals surface area contributed by atoms with Gasteiger partial charge < -0.3 is 10.2 Å². The number of imide groups is 2. The van der Waals surface area contributed by atoms with Crippen LogP contribution in [0.5, 0.6) is 11.5 Å². The van der Waals surface area contributed by atoms with Crippen LogP contribution in [0.3, 0.4) is 0 Å². The number of hydrogen-bond donors (Lipinski definition) is 2. The Bertz CT molecular complexity index is 3540. The van der Waals surface area contributed by atoms with Crippen molar-refractivity contribution in [2.75, 3.05) is 9.80 Å². The number of phenols is 2. The Kier molecular flexibility index (Phi) is 10.8. The Morgan fingerprint density at radius 1 is 0.362 bits per heavy atom. The van der Waals surface area contributed by atoms with E-state index in [1.807, 2.05) is 79.7 Å². The smallest absolute Gasteiger partial charge is 0.266 e. The molecule has 8 nitrogen and oxygen atoms in total. The molecule has 0 saturated heterocycles. The van der Waals surface area contributed by atoms with Gasteiger partial charge in [-0.3, -0.25) is 19.2 Å². The van der Waals surface area contributed by atoms with Crippen LogP contribution in [0.15, 0.2) is 97.1 Å². The lowest BCUT2D eigenvalue weighted by Crippen LogP contribution is -2.31. The quantitative estimate of drug-likeness (QED) is 0.110. The molecule has 0 aromatic heterocycles. The molecule has 1 unspecified atom stereocenters. The lowest BCUT2D eigenvalue weighted by Gasteiger charge is -2.25. The molecule has 0 spiro atoms. The summed E-state index contributed by atoms with van der Waals surface area (Å²) >= 11 is 0. The molecule has 8 heteroatoms. The number of carbonyl (C=O) groups is 4. The Morgan fingerprint density at radius 2 is 0.652 bits per heavy atom. The monoisotopic (exact) mass is 914 g/mol. The summed E-state index contributed by atoms with van der Waals surface area (Å²) in [5.41, 5.74) is 10.5. The molecule has 2 heterocycles. The first-order valence-corrected chi connectivity index (χ1v) is 24.2. The summed E-state index contributed by atoms with van der Waals surface area (Å²) < 4.78 is 0. The number of fused-ring (bicyclic) bond motifs is 6. The third-order valence-electron chi connectivity index (χ3n) is 14.7. The van der Waals surface area contributed by atoms with Crippen molar-refractivity contribution in [3.05, 3.63) is 164 Å². The molecule has 0 fully saturated rings. The second kappa shape index (κ2) is 16.4. The topological polar surface area (TPSA) is 115 Å². The Labute approximate surface area is 403 Å². The zero-order valence-electron chi connectivity index (χ0n) is 41.3. The fraction of sp³-hybridized carbons (Fsp3) is 0.279. The summed E-state index contributed by atoms with van der Waals surface area (Å²) in [6, 6.07) is 31.5. The molecule has 2 N–H and O–H groups in total. The molecule has 8 aromatic carbocycles. The van der Waals surface area contributed by atoms with Crippen LogP contribution < -0.4 is 9.80 Å². The van der Waals surface area contributed by atoms with Gasteiger partial charge in [0.15, 0.2) is 0 Å². The van der Waals surface area contributed by atoms with Crippen LogP contribution in [0.4, 0.5) is 11.4 Å². The number of hydrogen-bond acceptors (Lipinski definition) is 6. The summed E-state index contributed by atoms with van der Waals surface area (Å²) in [6.45, 7) is 22.6. The van der Waals surface area contributed by atoms with Crippen molar-refractivity contribution in [3.63, 3.8) is 0 Å². The van der Waals surface area contributed by atoms with Crippen LogP contribution in [0, 0.1) is 13.8 Å². The molecule has 0 saturated carbocycles. The highest BCUT2D eigenvalue weighted by molar-refractivity contribution is 6.37. The molecule has 2 aliphatic heterocycles. The molecule has 0 aliphatic carbocycles. The summed E-state index contributed by atoms with van der Waals surface area (Å²) in [7, 11) is 0. The maximum atomic E-state index is 14.3. The van der Waals surface area contributed by atoms with Crippen molar-refractivity contribution in [1.82, 2.24) is 0 Å². The molecular formula is C61H58N2O6. The first-order chi connectivity index (χ1) is 32.7. The fourth-order valence-electron chi connectivity index (χ4n) is 11.1. The SMILES string of the molecule is Cc1cc2cc3cc4c(cc3cc2cc1CC(C)c1cc2cc3cc5c(cc3cc2cc1C)C(=O)N(c1c(C(C)C)cc(O)cc1C(C)C)C5=O)C(=O)N(c1c(C(C)C)cc(O)cc1C(C)C)C4=O. The molecule has 8 aromatic rings. The van der Waals surface area contributed by atoms with Crippen LogP contribution in [0.2, 0.25) is 0 Å². The minimum absolute atomic E-state index is 0.0317. The lowest BCUT2D eigenvalue weighted by atomic mass is 9.86. The number of rotatable bonds is 9. The molecule has 10 rings (SSSR count). The van der Waals surface area contributed by atoms with Gasteiger partial charge in [-0.25, -0.2) is 9.80 Å². The van der Waals surface area contributed by atoms with Crippen LogP contribution in [0.1, 0.15) is 178 Å². The van der Waals surface area contributed by atoms with Crippen molar-refractivity contribution < 1.29 is 29.4 Å². The molecule has 4 amide bonds. The van der Waals surface area contributed by atoms with Crippen molar-refractivity contribution >= 4 is 78.1 Å². The van der Waals surface area contributed by atoms with Gasteiger partial charge in [0, 0.05) is 0 Å². The van der Waals surface area contributed by atoms with E-state index < -0.39 is 0 Å². The Morgan fingerprint density at radius 3 is 0.986 bits per heavy atom. The molecule has 0 radical (unpaired) electrons. The van der Waals surface area contributed by atoms with Crippen molar-refractivity contribution in [1.29, 1.82) is 0 Å². The zero-order chi connectivity index (χ0) is 49.2. The van der Waals surface area contributed by atoms with Crippen LogP contribution >= 0.6 is 0 Å². The van der Waals surface area contributed by atoms with Crippen molar-refractivity contribution in [2.45, 2.75) is 112 Å². The third kappa shape index (κ3) is 7.34. The van der Waals surface area contributed by atoms with E-state index >= 15 is 0 Å². The normalized spacial score (nSPS) is 14.4. The molecule has 348 valence electrons. The summed E-state index contributed by atoms with van der Waals surface area (Å²) in [4.78, 5) is 59.6. The molecular weight excluding hydrogens is 857 g/mol. The standard InChI is InChI=1S/C61H58N2O6/c1-29(2)47-25-45(64)26-48(30(3)4)56(47)62-58(66)52-21-41-16-37-12-33(9)36(15-39(37)18-43(41)23-54(52)60(62)68)13-34(10)51-20-40-19-44-24-55-53(22-42(44)17-38(40)14-35(51)11)59(67)63(61(55)69)57-49(31(5)6)27-46(65)28-50(57)32(7)8/h12,14-32,34,64-65H,13H2,1-11H3. The predicted molar refractivity (Wildman–Crippen MR) is 279 cm³/mol. The summed E-state index contributed by atoms with van der Waals surface area (Å²) in [5, 5.41) is 29.0. The van der Waals surface area contributed by atoms with E-state index in [9.17, 15) is 29.4 Å². The van der Waals surface area contributed by atoms with Gasteiger partial charge in [-0.05, 0) is 210 Å². The first kappa shape index (κ1) is 45.5. The van der Waals surface area contributed by atoms with E-state index in [1.54, 1.807) is 24.3 Å². The number of phenolic OH excluding ortho intramolecular Hbond substituents is 2. The van der Waals surface area contributed by atoms with E-state index in [0.717, 1.165) is 71.8 Å². The Balaban J connectivity index is 0.964. The zero-order valence-corrected chi connectivity index (χ0v) is 41.3. The molecule has 0 bridgehead atoms. The van der Waals surface area contributed by atoms with E-state index in [0.29, 0.717) is 33.6 Å². The fourth-order valence-corrected chi connectivity index (χ4v) is 11.1. The number of aromatic hydroxyl groups is 2. The second-order valence-electron chi connectivity index (χ2n) is 20.9. The van der Waals surface area contributed by atoms with E-state index in [-0.39, 0.29) is 64.7 Å². The molecule has 2 aliphatic rings. The van der Waals surface area contributed by atoms with Gasteiger partial charge in [-0.15, -0.1) is 0 Å². The summed E-state index contributed by atoms with van der Waals surface area (Å²) in [5.74, 6) is -1.13. The number of aryl methyl sites for hydroxylation is 2. The van der Waals surface area contributed by atoms with E-state index in [4.69, 9.17) is 0 Å². The minimum Gasteiger partial charge on any atom is -0.508 e. The third-order valence-corrected chi connectivity index (χ3v) is 14.7. The van der Waals surface area contributed by atoms with Gasteiger partial charge in [-0.2, -0.15) is 0 Å². The average Bonchev–Trinajstić information content (AvgIpc) is 3.67. The second-order valence-corrected chi connectivity index (χ2v) is 20.9. The van der Waals surface area contributed by atoms with Crippen molar-refractivity contribution in [3.8, 4) is 11.5 Å². The highest BCUT2D eigenvalue weighted by Gasteiger charge is 2.41. The molecule has 69 heavy (non-hydrogen) atoms. The highest BCUT2D eigenvalue weighted by Crippen LogP contribution is 2.45. The first-order valence-electron chi connectivity index (χ1n) is 24.2. The van der Waals surface area contributed by atoms with Crippen LogP contribution in [-0.2, 0) is 6.42 Å². The maximum Gasteiger partial charge on any atom is 0.266 e. The number of anilines is 2. The number of benzene rings is 8. The molecule has 1 atom stereocenters. The van der Waals surface area contributed by atoms with Crippen LogP contribution in [-0.4, -0.2) is 33.8 Å². The van der Waals surface area contributed by atoms with Gasteiger partial charge in [0.05, 0.1) is 33.6 Å². The largest absolute Gasteiger partial charge is 0.508 e. The average molecular weight is 915 g/mol. The van der Waals surface area contributed by atoms with Gasteiger partial charge in [0.1, 0.15) is 11.5 Å². The highest BCUT2D eigenvalue weighted by atomic mass is 16.3. The van der Waals surface area contributed by atoms with Gasteiger partial charge in [0.2, 0.25) is 0 Å². The van der Waals surface area contributed by atoms with Crippen LogP contribution in [0.25, 0.3) is 43.1 Å². The number of amides is 4. The number of nitrogens with zero attached hydrogens (tertiary/aromatic N) is 2. The van der Waals surface area contributed by atoms with Crippen molar-refractivity contribution in [2.24, 2.45) is 0 Å². The lowest BCUT2D eigenvalue weighted by molar-refractivity contribution is 0.0909. The van der Waals surface area contributed by atoms with Gasteiger partial charge >= 0.3 is 0 Å². The minimum atomic E-state index is -0.353. The number of carbonyl (C=O) groups excluding carboxylic acids is 4.